The van der Waals surface area contributed by atoms with E-state index in [1.54, 1.807) is 7.11 Å². The van der Waals surface area contributed by atoms with Crippen LogP contribution < -0.4 is 0 Å². The summed E-state index contributed by atoms with van der Waals surface area (Å²) in [5.74, 6) is 1.55. The molecule has 5 atom stereocenters. The number of hydrogen-bond donors (Lipinski definition) is 1. The monoisotopic (exact) mass is 322 g/mol. The van der Waals surface area contributed by atoms with Gasteiger partial charge in [-0.1, -0.05) is 45.0 Å². The van der Waals surface area contributed by atoms with E-state index >= 15 is 0 Å². The van der Waals surface area contributed by atoms with E-state index in [9.17, 15) is 0 Å². The van der Waals surface area contributed by atoms with Crippen LogP contribution in [0.15, 0.2) is 24.3 Å². The molecule has 1 aliphatic rings. The molecule has 1 aliphatic heterocycles. The fourth-order valence-corrected chi connectivity index (χ4v) is 3.31. The van der Waals surface area contributed by atoms with E-state index in [0.717, 1.165) is 12.0 Å². The Morgan fingerprint density at radius 3 is 2.17 bits per heavy atom. The van der Waals surface area contributed by atoms with Crippen molar-refractivity contribution in [3.05, 3.63) is 35.4 Å². The van der Waals surface area contributed by atoms with E-state index in [0.29, 0.717) is 31.2 Å². The van der Waals surface area contributed by atoms with Gasteiger partial charge in [0.15, 0.2) is 0 Å². The molecule has 0 bridgehead atoms. The second-order valence-electron chi connectivity index (χ2n) is 6.75. The van der Waals surface area contributed by atoms with Crippen molar-refractivity contribution in [3.63, 3.8) is 0 Å². The standard InChI is InChI=1S/C19H30O4/c1-13-14(2)18(9-16-5-7-17(10-20)8-6-16)23-19(15(13)3)11-22-12-21-4/h5-8,13-15,18-20H,9-12H2,1-4H3/t13-,14?,15+,18+,19?/m1/s1. The van der Waals surface area contributed by atoms with Gasteiger partial charge in [-0.15, -0.1) is 0 Å². The average Bonchev–Trinajstić information content (AvgIpc) is 2.57. The molecule has 2 unspecified atom stereocenters. The maximum Gasteiger partial charge on any atom is 0.146 e. The summed E-state index contributed by atoms with van der Waals surface area (Å²) in [5.41, 5.74) is 2.19. The quantitative estimate of drug-likeness (QED) is 0.619. The normalized spacial score (nSPS) is 31.3. The SMILES string of the molecule is COCOCC1O[C@@H](Cc2ccc(CO)cc2)C(C)[C@@H](C)[C@@H]1C. The van der Waals surface area contributed by atoms with Crippen LogP contribution in [0.2, 0.25) is 0 Å². The van der Waals surface area contributed by atoms with Crippen LogP contribution in [0.1, 0.15) is 31.9 Å². The molecule has 23 heavy (non-hydrogen) atoms. The average molecular weight is 322 g/mol. The Morgan fingerprint density at radius 1 is 0.957 bits per heavy atom. The molecule has 0 aliphatic carbocycles. The molecule has 0 radical (unpaired) electrons. The molecule has 1 saturated heterocycles. The van der Waals surface area contributed by atoms with E-state index in [1.165, 1.54) is 5.56 Å². The minimum absolute atomic E-state index is 0.0874. The first-order valence-electron chi connectivity index (χ1n) is 8.47. The summed E-state index contributed by atoms with van der Waals surface area (Å²) in [7, 11) is 1.63. The summed E-state index contributed by atoms with van der Waals surface area (Å²) in [6, 6.07) is 8.13. The lowest BCUT2D eigenvalue weighted by molar-refractivity contribution is -0.168. The second-order valence-corrected chi connectivity index (χ2v) is 6.75. The summed E-state index contributed by atoms with van der Waals surface area (Å²) in [6.45, 7) is 7.80. The lowest BCUT2D eigenvalue weighted by Gasteiger charge is -2.44. The highest BCUT2D eigenvalue weighted by Crippen LogP contribution is 2.36. The van der Waals surface area contributed by atoms with Crippen molar-refractivity contribution in [2.75, 3.05) is 20.5 Å². The van der Waals surface area contributed by atoms with Gasteiger partial charge >= 0.3 is 0 Å². The van der Waals surface area contributed by atoms with Crippen LogP contribution in [0.5, 0.6) is 0 Å². The summed E-state index contributed by atoms with van der Waals surface area (Å²) in [6.07, 6.45) is 1.19. The summed E-state index contributed by atoms with van der Waals surface area (Å²) < 4.78 is 16.9. The van der Waals surface area contributed by atoms with Crippen molar-refractivity contribution in [2.24, 2.45) is 17.8 Å². The third-order valence-corrected chi connectivity index (χ3v) is 5.31. The van der Waals surface area contributed by atoms with Gasteiger partial charge < -0.3 is 19.3 Å². The van der Waals surface area contributed by atoms with E-state index in [4.69, 9.17) is 19.3 Å². The van der Waals surface area contributed by atoms with Crippen LogP contribution in [0, 0.1) is 17.8 Å². The summed E-state index contributed by atoms with van der Waals surface area (Å²) in [5, 5.41) is 9.14. The molecule has 1 fully saturated rings. The van der Waals surface area contributed by atoms with Crippen LogP contribution in [-0.4, -0.2) is 37.8 Å². The Balaban J connectivity index is 2.00. The third kappa shape index (κ3) is 4.77. The summed E-state index contributed by atoms with van der Waals surface area (Å²) >= 11 is 0. The van der Waals surface area contributed by atoms with Crippen molar-refractivity contribution < 1.29 is 19.3 Å². The highest BCUT2D eigenvalue weighted by molar-refractivity contribution is 5.22. The van der Waals surface area contributed by atoms with Crippen LogP contribution in [-0.2, 0) is 27.2 Å². The number of aliphatic hydroxyl groups excluding tert-OH is 1. The zero-order valence-electron chi connectivity index (χ0n) is 14.7. The fraction of sp³-hybridized carbons (Fsp3) is 0.684. The molecule has 0 saturated carbocycles. The van der Waals surface area contributed by atoms with Gasteiger partial charge in [0.05, 0.1) is 25.4 Å². The van der Waals surface area contributed by atoms with Crippen molar-refractivity contribution in [3.8, 4) is 0 Å². The largest absolute Gasteiger partial charge is 0.392 e. The predicted octanol–water partition coefficient (Wildman–Crippen LogP) is 3.02. The second kappa shape index (κ2) is 8.78. The van der Waals surface area contributed by atoms with E-state index < -0.39 is 0 Å². The smallest absolute Gasteiger partial charge is 0.146 e. The van der Waals surface area contributed by atoms with Crippen LogP contribution in [0.25, 0.3) is 0 Å². The molecule has 130 valence electrons. The molecule has 1 aromatic carbocycles. The van der Waals surface area contributed by atoms with E-state index in [2.05, 4.69) is 32.9 Å². The number of methoxy groups -OCH3 is 1. The lowest BCUT2D eigenvalue weighted by atomic mass is 9.75. The van der Waals surface area contributed by atoms with Crippen molar-refractivity contribution >= 4 is 0 Å². The Kier molecular flexibility index (Phi) is 7.03. The van der Waals surface area contributed by atoms with Crippen molar-refractivity contribution in [2.45, 2.75) is 46.0 Å². The molecule has 0 aromatic heterocycles. The maximum atomic E-state index is 9.14. The molecule has 0 spiro atoms. The molecular weight excluding hydrogens is 292 g/mol. The minimum Gasteiger partial charge on any atom is -0.392 e. The van der Waals surface area contributed by atoms with Crippen LogP contribution in [0.3, 0.4) is 0 Å². The minimum atomic E-state index is 0.0874. The van der Waals surface area contributed by atoms with E-state index in [-0.39, 0.29) is 18.8 Å². The molecule has 1 aromatic rings. The maximum absolute atomic E-state index is 9.14. The van der Waals surface area contributed by atoms with Gasteiger partial charge in [-0.25, -0.2) is 0 Å². The highest BCUT2D eigenvalue weighted by Gasteiger charge is 2.38. The number of hydrogen-bond acceptors (Lipinski definition) is 4. The molecule has 0 amide bonds. The van der Waals surface area contributed by atoms with Crippen LogP contribution in [0.4, 0.5) is 0 Å². The number of ether oxygens (including phenoxy) is 3. The summed E-state index contributed by atoms with van der Waals surface area (Å²) in [4.78, 5) is 0. The van der Waals surface area contributed by atoms with Crippen LogP contribution >= 0.6 is 0 Å². The topological polar surface area (TPSA) is 47.9 Å². The van der Waals surface area contributed by atoms with Gasteiger partial charge in [0.25, 0.3) is 0 Å². The zero-order chi connectivity index (χ0) is 16.8. The predicted molar refractivity (Wildman–Crippen MR) is 90.0 cm³/mol. The van der Waals surface area contributed by atoms with Gasteiger partial charge in [0.1, 0.15) is 6.79 Å². The molecular formula is C19H30O4. The molecule has 2 rings (SSSR count). The van der Waals surface area contributed by atoms with Crippen molar-refractivity contribution in [1.29, 1.82) is 0 Å². The van der Waals surface area contributed by atoms with Gasteiger partial charge in [-0.3, -0.25) is 0 Å². The number of rotatable bonds is 7. The van der Waals surface area contributed by atoms with Gasteiger partial charge in [-0.2, -0.15) is 0 Å². The Morgan fingerprint density at radius 2 is 1.57 bits per heavy atom. The van der Waals surface area contributed by atoms with Gasteiger partial charge in [0, 0.05) is 7.11 Å². The first-order valence-corrected chi connectivity index (χ1v) is 8.47. The number of aliphatic hydroxyl groups is 1. The Bertz CT molecular complexity index is 459. The zero-order valence-corrected chi connectivity index (χ0v) is 14.7. The van der Waals surface area contributed by atoms with Crippen molar-refractivity contribution in [1.82, 2.24) is 0 Å². The molecule has 1 heterocycles. The molecule has 1 N–H and O–H groups in total. The van der Waals surface area contributed by atoms with E-state index in [1.807, 2.05) is 12.1 Å². The van der Waals surface area contributed by atoms with Gasteiger partial charge in [-0.05, 0) is 35.3 Å². The lowest BCUT2D eigenvalue weighted by Crippen LogP contribution is -2.47. The highest BCUT2D eigenvalue weighted by atomic mass is 16.7. The first kappa shape index (κ1) is 18.4. The fourth-order valence-electron chi connectivity index (χ4n) is 3.31. The third-order valence-electron chi connectivity index (χ3n) is 5.31. The molecule has 4 heteroatoms. The molecule has 4 nitrogen and oxygen atoms in total. The Labute approximate surface area is 139 Å². The Hall–Kier alpha value is -0.940. The first-order chi connectivity index (χ1) is 11.1. The number of benzene rings is 1. The van der Waals surface area contributed by atoms with Gasteiger partial charge in [0.2, 0.25) is 0 Å².